The fourth-order valence-electron chi connectivity index (χ4n) is 1.81. The minimum absolute atomic E-state index is 0.0215. The van der Waals surface area contributed by atoms with Gasteiger partial charge in [-0.1, -0.05) is 26.0 Å². The van der Waals surface area contributed by atoms with Gasteiger partial charge in [0, 0.05) is 6.54 Å². The lowest BCUT2D eigenvalue weighted by Gasteiger charge is -2.20. The van der Waals surface area contributed by atoms with Gasteiger partial charge < -0.3 is 14.8 Å². The average molecular weight is 276 g/mol. The zero-order chi connectivity index (χ0) is 15.0. The molecular weight excluding hydrogens is 256 g/mol. The third kappa shape index (κ3) is 4.90. The van der Waals surface area contributed by atoms with Crippen molar-refractivity contribution in [3.63, 3.8) is 0 Å². The van der Waals surface area contributed by atoms with E-state index in [0.717, 1.165) is 5.56 Å². The molecule has 0 heterocycles. The van der Waals surface area contributed by atoms with E-state index in [1.54, 1.807) is 6.07 Å². The Balaban J connectivity index is 2.64. The van der Waals surface area contributed by atoms with Gasteiger partial charge in [-0.15, -0.1) is 0 Å². The third-order valence-electron chi connectivity index (χ3n) is 2.85. The molecule has 0 aliphatic carbocycles. The summed E-state index contributed by atoms with van der Waals surface area (Å²) >= 11 is 0. The van der Waals surface area contributed by atoms with E-state index in [1.807, 2.05) is 38.1 Å². The second-order valence-electron chi connectivity index (χ2n) is 4.72. The van der Waals surface area contributed by atoms with Crippen LogP contribution >= 0.6 is 0 Å². The zero-order valence-corrected chi connectivity index (χ0v) is 12.1. The monoisotopic (exact) mass is 276 g/mol. The molecule has 0 amide bonds. The van der Waals surface area contributed by atoms with Gasteiger partial charge in [-0.2, -0.15) is 5.26 Å². The summed E-state index contributed by atoms with van der Waals surface area (Å²) in [6.07, 6.45) is 0. The maximum atomic E-state index is 11.6. The van der Waals surface area contributed by atoms with Gasteiger partial charge in [0.2, 0.25) is 0 Å². The number of nitriles is 1. The summed E-state index contributed by atoms with van der Waals surface area (Å²) < 4.78 is 10.0. The summed E-state index contributed by atoms with van der Waals surface area (Å²) in [6, 6.07) is 9.00. The number of nitrogens with zero attached hydrogens (tertiary/aromatic N) is 1. The van der Waals surface area contributed by atoms with E-state index >= 15 is 0 Å². The second kappa shape index (κ2) is 8.18. The molecule has 0 saturated carbocycles. The summed E-state index contributed by atoms with van der Waals surface area (Å²) in [5.74, 6) is 0.516. The Morgan fingerprint density at radius 2 is 2.20 bits per heavy atom. The van der Waals surface area contributed by atoms with Crippen molar-refractivity contribution in [2.75, 3.05) is 13.7 Å². The summed E-state index contributed by atoms with van der Waals surface area (Å²) in [5.41, 5.74) is 0.981. The van der Waals surface area contributed by atoms with Gasteiger partial charge in [0.1, 0.15) is 17.9 Å². The van der Waals surface area contributed by atoms with Gasteiger partial charge in [0.15, 0.2) is 6.61 Å². The summed E-state index contributed by atoms with van der Waals surface area (Å²) in [6.45, 7) is 4.47. The minimum atomic E-state index is -0.344. The van der Waals surface area contributed by atoms with E-state index in [9.17, 15) is 4.79 Å². The molecule has 0 aromatic heterocycles. The Hall–Kier alpha value is -2.06. The third-order valence-corrected chi connectivity index (χ3v) is 2.85. The van der Waals surface area contributed by atoms with E-state index in [1.165, 1.54) is 7.11 Å². The van der Waals surface area contributed by atoms with Gasteiger partial charge in [0.25, 0.3) is 0 Å². The maximum Gasteiger partial charge on any atom is 0.323 e. The molecule has 0 saturated heterocycles. The van der Waals surface area contributed by atoms with E-state index in [2.05, 4.69) is 5.32 Å². The van der Waals surface area contributed by atoms with E-state index < -0.39 is 0 Å². The Morgan fingerprint density at radius 3 is 2.80 bits per heavy atom. The molecule has 0 spiro atoms. The Morgan fingerprint density at radius 1 is 1.45 bits per heavy atom. The topological polar surface area (TPSA) is 71.3 Å². The number of methoxy groups -OCH3 is 1. The molecule has 0 aliphatic rings. The minimum Gasteiger partial charge on any atom is -0.479 e. The Kier molecular flexibility index (Phi) is 6.54. The van der Waals surface area contributed by atoms with Crippen molar-refractivity contribution >= 4 is 5.97 Å². The molecule has 108 valence electrons. The van der Waals surface area contributed by atoms with Crippen LogP contribution in [0.5, 0.6) is 5.75 Å². The lowest BCUT2D eigenvalue weighted by molar-refractivity contribution is -0.144. The lowest BCUT2D eigenvalue weighted by atomic mass is 10.0. The number of rotatable bonds is 7. The highest BCUT2D eigenvalue weighted by molar-refractivity contribution is 5.75. The van der Waals surface area contributed by atoms with Crippen LogP contribution in [0.3, 0.4) is 0 Å². The number of ether oxygens (including phenoxy) is 2. The Labute approximate surface area is 119 Å². The number of hydrogen-bond donors (Lipinski definition) is 1. The first-order valence-corrected chi connectivity index (χ1v) is 6.48. The first-order valence-electron chi connectivity index (χ1n) is 6.48. The molecule has 0 aliphatic heterocycles. The van der Waals surface area contributed by atoms with Crippen molar-refractivity contribution in [1.29, 1.82) is 5.26 Å². The summed E-state index contributed by atoms with van der Waals surface area (Å²) in [5, 5.41) is 11.7. The van der Waals surface area contributed by atoms with Crippen LogP contribution in [0, 0.1) is 17.2 Å². The highest BCUT2D eigenvalue weighted by atomic mass is 16.5. The number of carbonyl (C=O) groups excluding carboxylic acids is 1. The SMILES string of the molecule is COC(=O)[C@@H](NCc1cccc(OCC#N)c1)C(C)C. The smallest absolute Gasteiger partial charge is 0.323 e. The van der Waals surface area contributed by atoms with Gasteiger partial charge in [0.05, 0.1) is 7.11 Å². The van der Waals surface area contributed by atoms with Crippen molar-refractivity contribution in [3.8, 4) is 11.8 Å². The summed E-state index contributed by atoms with van der Waals surface area (Å²) in [7, 11) is 1.38. The molecular formula is C15H20N2O3. The van der Waals surface area contributed by atoms with Crippen molar-refractivity contribution in [2.45, 2.75) is 26.4 Å². The predicted molar refractivity (Wildman–Crippen MR) is 75.0 cm³/mol. The average Bonchev–Trinajstić information content (AvgIpc) is 2.45. The first kappa shape index (κ1) is 16.0. The standard InChI is InChI=1S/C15H20N2O3/c1-11(2)14(15(18)19-3)17-10-12-5-4-6-13(9-12)20-8-7-16/h4-6,9,11,14,17H,8,10H2,1-3H3/t14-/m0/s1. The molecule has 0 unspecified atom stereocenters. The largest absolute Gasteiger partial charge is 0.479 e. The molecule has 1 aromatic rings. The number of carbonyl (C=O) groups is 1. The number of nitrogens with one attached hydrogen (secondary N) is 1. The highest BCUT2D eigenvalue weighted by Gasteiger charge is 2.21. The normalized spacial score (nSPS) is 11.8. The van der Waals surface area contributed by atoms with Crippen LogP contribution in [-0.4, -0.2) is 25.7 Å². The van der Waals surface area contributed by atoms with E-state index in [0.29, 0.717) is 12.3 Å². The first-order chi connectivity index (χ1) is 9.58. The van der Waals surface area contributed by atoms with Gasteiger partial charge in [-0.05, 0) is 23.6 Å². The maximum absolute atomic E-state index is 11.6. The fourth-order valence-corrected chi connectivity index (χ4v) is 1.81. The van der Waals surface area contributed by atoms with E-state index in [-0.39, 0.29) is 24.5 Å². The van der Waals surface area contributed by atoms with Crippen LogP contribution in [0.2, 0.25) is 0 Å². The van der Waals surface area contributed by atoms with Gasteiger partial charge in [-0.25, -0.2) is 0 Å². The molecule has 0 radical (unpaired) electrons. The van der Waals surface area contributed by atoms with Crippen molar-refractivity contribution in [2.24, 2.45) is 5.92 Å². The molecule has 5 nitrogen and oxygen atoms in total. The lowest BCUT2D eigenvalue weighted by Crippen LogP contribution is -2.41. The summed E-state index contributed by atoms with van der Waals surface area (Å²) in [4.78, 5) is 11.6. The molecule has 5 heteroatoms. The molecule has 20 heavy (non-hydrogen) atoms. The predicted octanol–water partition coefficient (Wildman–Crippen LogP) is 1.88. The molecule has 1 atom stereocenters. The molecule has 1 rings (SSSR count). The van der Waals surface area contributed by atoms with Crippen LogP contribution in [0.1, 0.15) is 19.4 Å². The second-order valence-corrected chi connectivity index (χ2v) is 4.72. The molecule has 1 N–H and O–H groups in total. The van der Waals surface area contributed by atoms with Gasteiger partial charge in [-0.3, -0.25) is 4.79 Å². The fraction of sp³-hybridized carbons (Fsp3) is 0.467. The van der Waals surface area contributed by atoms with Crippen LogP contribution in [-0.2, 0) is 16.1 Å². The van der Waals surface area contributed by atoms with Crippen molar-refractivity contribution < 1.29 is 14.3 Å². The molecule has 0 bridgehead atoms. The van der Waals surface area contributed by atoms with Crippen LogP contribution in [0.15, 0.2) is 24.3 Å². The van der Waals surface area contributed by atoms with Crippen molar-refractivity contribution in [3.05, 3.63) is 29.8 Å². The Bertz CT molecular complexity index is 480. The number of hydrogen-bond acceptors (Lipinski definition) is 5. The van der Waals surface area contributed by atoms with Crippen molar-refractivity contribution in [1.82, 2.24) is 5.32 Å². The van der Waals surface area contributed by atoms with E-state index in [4.69, 9.17) is 14.7 Å². The zero-order valence-electron chi connectivity index (χ0n) is 12.1. The highest BCUT2D eigenvalue weighted by Crippen LogP contribution is 2.14. The van der Waals surface area contributed by atoms with Gasteiger partial charge >= 0.3 is 5.97 Å². The molecule has 1 aromatic carbocycles. The van der Waals surface area contributed by atoms with Crippen LogP contribution in [0.25, 0.3) is 0 Å². The van der Waals surface area contributed by atoms with Crippen LogP contribution < -0.4 is 10.1 Å². The number of benzene rings is 1. The quantitative estimate of drug-likeness (QED) is 0.770. The number of esters is 1. The molecule has 0 fully saturated rings. The van der Waals surface area contributed by atoms with Crippen LogP contribution in [0.4, 0.5) is 0 Å².